The Labute approximate surface area is 118 Å². The van der Waals surface area contributed by atoms with Gasteiger partial charge in [0.25, 0.3) is 0 Å². The average Bonchev–Trinajstić information content (AvgIpc) is 2.35. The molecule has 1 aromatic carbocycles. The van der Waals surface area contributed by atoms with Gasteiger partial charge in [0.1, 0.15) is 11.4 Å². The minimum atomic E-state index is 0.169. The van der Waals surface area contributed by atoms with Crippen molar-refractivity contribution in [3.05, 3.63) is 46.1 Å². The number of benzene rings is 1. The van der Waals surface area contributed by atoms with Crippen molar-refractivity contribution in [2.24, 2.45) is 5.92 Å². The molecule has 0 aliphatic heterocycles. The van der Waals surface area contributed by atoms with E-state index >= 15 is 0 Å². The summed E-state index contributed by atoms with van der Waals surface area (Å²) in [6.45, 7) is 5.98. The highest BCUT2D eigenvalue weighted by molar-refractivity contribution is 6.31. The standard InChI is InChI=1S/C16H16ClNO/c1-10(2)14(9-19)8-13-7-12-5-4-11(3)6-15(12)18-16(13)17/h4-10H,1-3H3. The fourth-order valence-corrected chi connectivity index (χ4v) is 2.09. The highest BCUT2D eigenvalue weighted by Gasteiger charge is 2.07. The van der Waals surface area contributed by atoms with E-state index in [0.717, 1.165) is 33.9 Å². The molecule has 0 saturated carbocycles. The van der Waals surface area contributed by atoms with Crippen LogP contribution in [0.2, 0.25) is 5.15 Å². The first-order valence-corrected chi connectivity index (χ1v) is 6.62. The lowest BCUT2D eigenvalue weighted by Crippen LogP contribution is -1.95. The van der Waals surface area contributed by atoms with Crippen LogP contribution in [0.15, 0.2) is 29.8 Å². The van der Waals surface area contributed by atoms with Crippen molar-refractivity contribution < 1.29 is 4.79 Å². The zero-order valence-corrected chi connectivity index (χ0v) is 12.0. The predicted molar refractivity (Wildman–Crippen MR) is 80.4 cm³/mol. The Morgan fingerprint density at radius 1 is 1.32 bits per heavy atom. The van der Waals surface area contributed by atoms with Crippen LogP contribution in [0.1, 0.15) is 25.0 Å². The fraction of sp³-hybridized carbons (Fsp3) is 0.250. The number of pyridine rings is 1. The number of hydrogen-bond donors (Lipinski definition) is 0. The molecule has 1 aromatic heterocycles. The summed E-state index contributed by atoms with van der Waals surface area (Å²) in [5, 5.41) is 1.45. The van der Waals surface area contributed by atoms with Gasteiger partial charge in [-0.15, -0.1) is 0 Å². The molecule has 0 atom stereocenters. The summed E-state index contributed by atoms with van der Waals surface area (Å²) in [7, 11) is 0. The van der Waals surface area contributed by atoms with Crippen molar-refractivity contribution in [1.29, 1.82) is 0 Å². The van der Waals surface area contributed by atoms with Gasteiger partial charge in [-0.2, -0.15) is 0 Å². The molecule has 1 heterocycles. The van der Waals surface area contributed by atoms with E-state index in [-0.39, 0.29) is 5.92 Å². The molecule has 2 rings (SSSR count). The summed E-state index contributed by atoms with van der Waals surface area (Å²) < 4.78 is 0. The van der Waals surface area contributed by atoms with Gasteiger partial charge in [-0.1, -0.05) is 37.6 Å². The third-order valence-electron chi connectivity index (χ3n) is 3.08. The first-order chi connectivity index (χ1) is 9.01. The highest BCUT2D eigenvalue weighted by Crippen LogP contribution is 2.24. The molecule has 19 heavy (non-hydrogen) atoms. The number of halogens is 1. The normalized spacial score (nSPS) is 12.2. The molecule has 2 nitrogen and oxygen atoms in total. The molecule has 0 fully saturated rings. The number of aryl methyl sites for hydroxylation is 1. The largest absolute Gasteiger partial charge is 0.298 e. The lowest BCUT2D eigenvalue weighted by atomic mass is 10.0. The molecule has 0 radical (unpaired) electrons. The molecule has 0 amide bonds. The zero-order chi connectivity index (χ0) is 14.0. The molecule has 0 unspecified atom stereocenters. The second-order valence-corrected chi connectivity index (χ2v) is 5.34. The molecule has 2 aromatic rings. The number of carbonyl (C=O) groups is 1. The first kappa shape index (κ1) is 13.8. The molecule has 0 aliphatic carbocycles. The SMILES string of the molecule is Cc1ccc2cc(C=C(C=O)C(C)C)c(Cl)nc2c1. The van der Waals surface area contributed by atoms with E-state index in [1.165, 1.54) is 0 Å². The van der Waals surface area contributed by atoms with Crippen molar-refractivity contribution in [3.8, 4) is 0 Å². The van der Waals surface area contributed by atoms with Gasteiger partial charge < -0.3 is 0 Å². The zero-order valence-electron chi connectivity index (χ0n) is 11.3. The van der Waals surface area contributed by atoms with Crippen LogP contribution >= 0.6 is 11.6 Å². The van der Waals surface area contributed by atoms with Crippen molar-refractivity contribution in [2.45, 2.75) is 20.8 Å². The Morgan fingerprint density at radius 3 is 2.68 bits per heavy atom. The number of allylic oxidation sites excluding steroid dienone is 1. The van der Waals surface area contributed by atoms with Gasteiger partial charge in [0.15, 0.2) is 0 Å². The predicted octanol–water partition coefficient (Wildman–Crippen LogP) is 4.43. The summed E-state index contributed by atoms with van der Waals surface area (Å²) in [6, 6.07) is 8.02. The van der Waals surface area contributed by atoms with Crippen molar-refractivity contribution >= 4 is 34.9 Å². The van der Waals surface area contributed by atoms with Crippen LogP contribution in [0.5, 0.6) is 0 Å². The monoisotopic (exact) mass is 273 g/mol. The summed E-state index contributed by atoms with van der Waals surface area (Å²) in [5.41, 5.74) is 3.53. The van der Waals surface area contributed by atoms with Gasteiger partial charge in [-0.05, 0) is 42.2 Å². The quantitative estimate of drug-likeness (QED) is 0.470. The maximum absolute atomic E-state index is 11.0. The van der Waals surface area contributed by atoms with E-state index in [4.69, 9.17) is 11.6 Å². The van der Waals surface area contributed by atoms with Gasteiger partial charge in [-0.3, -0.25) is 4.79 Å². The van der Waals surface area contributed by atoms with Gasteiger partial charge in [0.05, 0.1) is 5.52 Å². The number of carbonyl (C=O) groups excluding carboxylic acids is 1. The van der Waals surface area contributed by atoms with E-state index in [9.17, 15) is 4.79 Å². The minimum Gasteiger partial charge on any atom is -0.298 e. The highest BCUT2D eigenvalue weighted by atomic mass is 35.5. The van der Waals surface area contributed by atoms with Crippen LogP contribution < -0.4 is 0 Å². The Morgan fingerprint density at radius 2 is 2.05 bits per heavy atom. The van der Waals surface area contributed by atoms with Crippen LogP contribution in [-0.4, -0.2) is 11.3 Å². The van der Waals surface area contributed by atoms with E-state index < -0.39 is 0 Å². The number of aldehydes is 1. The van der Waals surface area contributed by atoms with Crippen molar-refractivity contribution in [3.63, 3.8) is 0 Å². The smallest absolute Gasteiger partial charge is 0.146 e. The Kier molecular flexibility index (Phi) is 4.01. The third-order valence-corrected chi connectivity index (χ3v) is 3.38. The Balaban J connectivity index is 2.59. The maximum Gasteiger partial charge on any atom is 0.146 e. The average molecular weight is 274 g/mol. The molecule has 0 spiro atoms. The molecule has 0 bridgehead atoms. The van der Waals surface area contributed by atoms with Crippen LogP contribution in [0.3, 0.4) is 0 Å². The molecule has 0 saturated heterocycles. The van der Waals surface area contributed by atoms with Crippen LogP contribution in [-0.2, 0) is 4.79 Å². The van der Waals surface area contributed by atoms with Crippen LogP contribution in [0.4, 0.5) is 0 Å². The molecule has 0 N–H and O–H groups in total. The molecule has 98 valence electrons. The Hall–Kier alpha value is -1.67. The molecular weight excluding hydrogens is 258 g/mol. The molecule has 3 heteroatoms. The number of aromatic nitrogens is 1. The van der Waals surface area contributed by atoms with E-state index in [2.05, 4.69) is 4.98 Å². The number of fused-ring (bicyclic) bond motifs is 1. The lowest BCUT2D eigenvalue weighted by Gasteiger charge is -2.06. The van der Waals surface area contributed by atoms with E-state index in [1.54, 1.807) is 0 Å². The summed E-state index contributed by atoms with van der Waals surface area (Å²) in [5.74, 6) is 0.169. The first-order valence-electron chi connectivity index (χ1n) is 6.25. The fourth-order valence-electron chi connectivity index (χ4n) is 1.89. The van der Waals surface area contributed by atoms with Gasteiger partial charge in [-0.25, -0.2) is 4.98 Å². The molecule has 0 aliphatic rings. The van der Waals surface area contributed by atoms with Crippen molar-refractivity contribution in [2.75, 3.05) is 0 Å². The Bertz CT molecular complexity index is 659. The molecular formula is C16H16ClNO. The summed E-state index contributed by atoms with van der Waals surface area (Å²) in [4.78, 5) is 15.4. The lowest BCUT2D eigenvalue weighted by molar-refractivity contribution is -0.105. The van der Waals surface area contributed by atoms with Gasteiger partial charge >= 0.3 is 0 Å². The second kappa shape index (κ2) is 5.54. The van der Waals surface area contributed by atoms with Crippen LogP contribution in [0.25, 0.3) is 17.0 Å². The number of hydrogen-bond acceptors (Lipinski definition) is 2. The number of nitrogens with zero attached hydrogens (tertiary/aromatic N) is 1. The minimum absolute atomic E-state index is 0.169. The topological polar surface area (TPSA) is 30.0 Å². The van der Waals surface area contributed by atoms with Crippen molar-refractivity contribution in [1.82, 2.24) is 4.98 Å². The number of rotatable bonds is 3. The second-order valence-electron chi connectivity index (χ2n) is 4.98. The van der Waals surface area contributed by atoms with Gasteiger partial charge in [0.2, 0.25) is 0 Å². The summed E-state index contributed by atoms with van der Waals surface area (Å²) in [6.07, 6.45) is 2.69. The third kappa shape index (κ3) is 3.02. The van der Waals surface area contributed by atoms with E-state index in [1.807, 2.05) is 51.1 Å². The summed E-state index contributed by atoms with van der Waals surface area (Å²) >= 11 is 6.19. The van der Waals surface area contributed by atoms with E-state index in [0.29, 0.717) is 5.15 Å². The maximum atomic E-state index is 11.0. The van der Waals surface area contributed by atoms with Gasteiger partial charge in [0, 0.05) is 10.9 Å². The van der Waals surface area contributed by atoms with Crippen LogP contribution in [0, 0.1) is 12.8 Å².